The van der Waals surface area contributed by atoms with Gasteiger partial charge in [-0.15, -0.1) is 0 Å². The van der Waals surface area contributed by atoms with Crippen LogP contribution < -0.4 is 0 Å². The molecule has 4 rings (SSSR count). The van der Waals surface area contributed by atoms with Gasteiger partial charge in [0.05, 0.1) is 18.8 Å². The van der Waals surface area contributed by atoms with E-state index in [-0.39, 0.29) is 18.8 Å². The highest BCUT2D eigenvalue weighted by Gasteiger charge is 2.44. The van der Waals surface area contributed by atoms with Crippen molar-refractivity contribution in [3.05, 3.63) is 120 Å². The highest BCUT2D eigenvalue weighted by Crippen LogP contribution is 2.57. The summed E-state index contributed by atoms with van der Waals surface area (Å²) in [5, 5.41) is 10.9. The summed E-state index contributed by atoms with van der Waals surface area (Å²) in [5.41, 5.74) is 1.83. The molecule has 0 spiro atoms. The first-order valence-corrected chi connectivity index (χ1v) is 14.6. The van der Waals surface area contributed by atoms with Crippen LogP contribution in [-0.2, 0) is 28.7 Å². The predicted molar refractivity (Wildman–Crippen MR) is 149 cm³/mol. The lowest BCUT2D eigenvalue weighted by atomic mass is 9.80. The number of aliphatic hydroxyl groups is 1. The molecule has 0 bridgehead atoms. The van der Waals surface area contributed by atoms with Crippen molar-refractivity contribution >= 4 is 7.60 Å². The Labute approximate surface area is 225 Å². The maximum atomic E-state index is 13.8. The van der Waals surface area contributed by atoms with E-state index >= 15 is 0 Å². The molecule has 0 radical (unpaired) electrons. The SMILES string of the molecule is CC(C)OP(=O)(OC(C)C)[C@@H]1C=C[C@H](O)[C@@H](COC(c2ccccc2)(c2ccccc2)c2ccccc2)O1. The number of benzene rings is 3. The van der Waals surface area contributed by atoms with Gasteiger partial charge >= 0.3 is 7.60 Å². The Kier molecular flexibility index (Phi) is 9.37. The van der Waals surface area contributed by atoms with Crippen LogP contribution in [0.2, 0.25) is 0 Å². The average Bonchev–Trinajstić information content (AvgIpc) is 2.91. The number of rotatable bonds is 11. The fourth-order valence-electron chi connectivity index (χ4n) is 4.66. The van der Waals surface area contributed by atoms with Gasteiger partial charge in [-0.3, -0.25) is 4.57 Å². The summed E-state index contributed by atoms with van der Waals surface area (Å²) in [6, 6.07) is 30.0. The third-order valence-corrected chi connectivity index (χ3v) is 8.55. The molecule has 0 saturated carbocycles. The van der Waals surface area contributed by atoms with Crippen LogP contribution in [0.3, 0.4) is 0 Å². The molecule has 0 unspecified atom stereocenters. The van der Waals surface area contributed by atoms with Gasteiger partial charge in [0, 0.05) is 0 Å². The summed E-state index contributed by atoms with van der Waals surface area (Å²) < 4.78 is 38.3. The largest absolute Gasteiger partial charge is 0.386 e. The van der Waals surface area contributed by atoms with Crippen LogP contribution >= 0.6 is 7.60 Å². The minimum absolute atomic E-state index is 0.0179. The third-order valence-electron chi connectivity index (χ3n) is 6.20. The molecule has 1 aliphatic heterocycles. The van der Waals surface area contributed by atoms with Gasteiger partial charge in [-0.1, -0.05) is 97.1 Å². The van der Waals surface area contributed by atoms with Crippen LogP contribution in [0.1, 0.15) is 44.4 Å². The van der Waals surface area contributed by atoms with Gasteiger partial charge < -0.3 is 23.6 Å². The lowest BCUT2D eigenvalue weighted by Gasteiger charge is -2.39. The monoisotopic (exact) mass is 536 g/mol. The van der Waals surface area contributed by atoms with Crippen molar-refractivity contribution in [3.63, 3.8) is 0 Å². The highest BCUT2D eigenvalue weighted by atomic mass is 31.2. The van der Waals surface area contributed by atoms with Crippen LogP contribution in [-0.4, -0.2) is 42.0 Å². The zero-order valence-corrected chi connectivity index (χ0v) is 23.2. The lowest BCUT2D eigenvalue weighted by molar-refractivity contribution is -0.108. The lowest BCUT2D eigenvalue weighted by Crippen LogP contribution is -2.43. The molecular formula is C31H37O6P. The van der Waals surface area contributed by atoms with E-state index in [0.29, 0.717) is 0 Å². The van der Waals surface area contributed by atoms with E-state index in [4.69, 9.17) is 18.5 Å². The topological polar surface area (TPSA) is 74.2 Å². The first-order chi connectivity index (χ1) is 18.2. The van der Waals surface area contributed by atoms with E-state index < -0.39 is 31.2 Å². The number of hydrogen-bond acceptors (Lipinski definition) is 6. The van der Waals surface area contributed by atoms with Gasteiger partial charge in [-0.05, 0) is 50.5 Å². The van der Waals surface area contributed by atoms with Crippen LogP contribution in [0.15, 0.2) is 103 Å². The molecule has 38 heavy (non-hydrogen) atoms. The Morgan fingerprint density at radius 3 is 1.58 bits per heavy atom. The highest BCUT2D eigenvalue weighted by molar-refractivity contribution is 7.54. The molecule has 3 aromatic carbocycles. The molecule has 202 valence electrons. The first kappa shape index (κ1) is 28.4. The molecule has 3 aromatic rings. The quantitative estimate of drug-likeness (QED) is 0.167. The third kappa shape index (κ3) is 6.35. The fourth-order valence-corrected chi connectivity index (χ4v) is 6.74. The van der Waals surface area contributed by atoms with Gasteiger partial charge in [0.2, 0.25) is 0 Å². The van der Waals surface area contributed by atoms with Gasteiger partial charge in [-0.25, -0.2) is 0 Å². The van der Waals surface area contributed by atoms with E-state index in [1.807, 2.05) is 91.0 Å². The summed E-state index contributed by atoms with van der Waals surface area (Å²) in [6.07, 6.45) is 0.710. The van der Waals surface area contributed by atoms with Crippen molar-refractivity contribution in [1.82, 2.24) is 0 Å². The molecule has 7 heteroatoms. The van der Waals surface area contributed by atoms with Crippen LogP contribution in [0.25, 0.3) is 0 Å². The van der Waals surface area contributed by atoms with Crippen molar-refractivity contribution in [2.45, 2.75) is 63.6 Å². The number of aliphatic hydroxyl groups excluding tert-OH is 1. The molecule has 0 saturated heterocycles. The summed E-state index contributed by atoms with van der Waals surface area (Å²) in [4.78, 5) is 0. The first-order valence-electron chi connectivity index (χ1n) is 13.0. The minimum atomic E-state index is -3.69. The van der Waals surface area contributed by atoms with Crippen molar-refractivity contribution < 1.29 is 28.2 Å². The van der Waals surface area contributed by atoms with Crippen LogP contribution in [0.4, 0.5) is 0 Å². The van der Waals surface area contributed by atoms with Crippen molar-refractivity contribution in [3.8, 4) is 0 Å². The van der Waals surface area contributed by atoms with Crippen LogP contribution in [0.5, 0.6) is 0 Å². The molecular weight excluding hydrogens is 499 g/mol. The molecule has 0 aliphatic carbocycles. The Morgan fingerprint density at radius 1 is 0.763 bits per heavy atom. The zero-order chi connectivity index (χ0) is 27.2. The van der Waals surface area contributed by atoms with E-state index in [0.717, 1.165) is 16.7 Å². The molecule has 1 aliphatic rings. The summed E-state index contributed by atoms with van der Waals surface area (Å²) in [6.45, 7) is 7.21. The van der Waals surface area contributed by atoms with Gasteiger partial charge in [0.25, 0.3) is 0 Å². The predicted octanol–water partition coefficient (Wildman–Crippen LogP) is 6.68. The Hall–Kier alpha value is -2.57. The fraction of sp³-hybridized carbons (Fsp3) is 0.355. The second kappa shape index (κ2) is 12.5. The number of hydrogen-bond donors (Lipinski definition) is 1. The van der Waals surface area contributed by atoms with E-state index in [1.165, 1.54) is 0 Å². The van der Waals surface area contributed by atoms with E-state index in [1.54, 1.807) is 39.8 Å². The van der Waals surface area contributed by atoms with Crippen molar-refractivity contribution in [2.24, 2.45) is 0 Å². The maximum absolute atomic E-state index is 13.8. The molecule has 1 N–H and O–H groups in total. The molecule has 0 amide bonds. The summed E-state index contributed by atoms with van der Waals surface area (Å²) in [7, 11) is -3.69. The molecule has 0 aromatic heterocycles. The van der Waals surface area contributed by atoms with Crippen LogP contribution in [0, 0.1) is 0 Å². The smallest absolute Gasteiger partial charge is 0.363 e. The second-order valence-electron chi connectivity index (χ2n) is 9.88. The Morgan fingerprint density at radius 2 is 1.18 bits per heavy atom. The normalized spacial score (nSPS) is 20.2. The van der Waals surface area contributed by atoms with Gasteiger partial charge in [-0.2, -0.15) is 0 Å². The standard InChI is InChI=1S/C31H37O6P/c1-23(2)36-38(33,37-24(3)4)30-21-20-28(32)29(35-30)22-34-31(25-14-8-5-9-15-25,26-16-10-6-11-17-26)27-18-12-7-13-19-27/h5-21,23-24,28-30,32H,22H2,1-4H3/t28-,29+,30+/m0/s1. The molecule has 3 atom stereocenters. The molecule has 1 heterocycles. The summed E-state index contributed by atoms with van der Waals surface area (Å²) in [5.74, 6) is -0.969. The molecule has 0 fully saturated rings. The maximum Gasteiger partial charge on any atom is 0.363 e. The average molecular weight is 537 g/mol. The Balaban J connectivity index is 1.70. The minimum Gasteiger partial charge on any atom is -0.386 e. The second-order valence-corrected chi connectivity index (χ2v) is 11.9. The zero-order valence-electron chi connectivity index (χ0n) is 22.3. The van der Waals surface area contributed by atoms with Crippen molar-refractivity contribution in [1.29, 1.82) is 0 Å². The van der Waals surface area contributed by atoms with E-state index in [2.05, 4.69) is 0 Å². The molecule has 6 nitrogen and oxygen atoms in total. The van der Waals surface area contributed by atoms with Gasteiger partial charge in [0.1, 0.15) is 17.8 Å². The van der Waals surface area contributed by atoms with Crippen molar-refractivity contribution in [2.75, 3.05) is 6.61 Å². The number of ether oxygens (including phenoxy) is 2. The van der Waals surface area contributed by atoms with E-state index in [9.17, 15) is 9.67 Å². The Bertz CT molecular complexity index is 1100. The van der Waals surface area contributed by atoms with Gasteiger partial charge in [0.15, 0.2) is 5.85 Å². The summed E-state index contributed by atoms with van der Waals surface area (Å²) >= 11 is 0.